The van der Waals surface area contributed by atoms with Crippen molar-refractivity contribution in [3.63, 3.8) is 0 Å². The van der Waals surface area contributed by atoms with Gasteiger partial charge in [0.1, 0.15) is 0 Å². The summed E-state index contributed by atoms with van der Waals surface area (Å²) in [6, 6.07) is 0. The zero-order valence-corrected chi connectivity index (χ0v) is 11.1. The molecular weight excluding hydrogens is 289 g/mol. The van der Waals surface area contributed by atoms with Gasteiger partial charge in [0.2, 0.25) is 0 Å². The van der Waals surface area contributed by atoms with Crippen molar-refractivity contribution in [1.82, 2.24) is 4.90 Å². The Bertz CT molecular complexity index is 209. The first-order valence-electron chi connectivity index (χ1n) is 5.16. The fraction of sp³-hybridized carbons (Fsp3) is 0.727. The van der Waals surface area contributed by atoms with Crippen LogP contribution in [0.25, 0.3) is 0 Å². The molecule has 0 aliphatic rings. The Morgan fingerprint density at radius 2 is 1.71 bits per heavy atom. The van der Waals surface area contributed by atoms with Gasteiger partial charge in [0.25, 0.3) is 5.91 Å². The molecule has 80 valence electrons. The molecular formula is C11H18INO. The van der Waals surface area contributed by atoms with Crippen LogP contribution in [0, 0.1) is 9.85 Å². The van der Waals surface area contributed by atoms with Crippen molar-refractivity contribution in [2.45, 2.75) is 39.5 Å². The van der Waals surface area contributed by atoms with Crippen LogP contribution in [0.1, 0.15) is 39.5 Å². The Kier molecular flexibility index (Phi) is 9.16. The Morgan fingerprint density at radius 3 is 2.07 bits per heavy atom. The van der Waals surface area contributed by atoms with Crippen molar-refractivity contribution in [2.75, 3.05) is 13.1 Å². The van der Waals surface area contributed by atoms with Crippen LogP contribution in [-0.4, -0.2) is 23.9 Å². The Labute approximate surface area is 101 Å². The molecule has 0 unspecified atom stereocenters. The van der Waals surface area contributed by atoms with E-state index in [0.29, 0.717) is 0 Å². The summed E-state index contributed by atoms with van der Waals surface area (Å²) >= 11 is 1.90. The molecule has 0 rings (SSSR count). The fourth-order valence-corrected chi connectivity index (χ4v) is 1.36. The summed E-state index contributed by atoms with van der Waals surface area (Å²) in [7, 11) is 0. The summed E-state index contributed by atoms with van der Waals surface area (Å²) in [6.07, 6.45) is 4.37. The van der Waals surface area contributed by atoms with Crippen LogP contribution in [0.5, 0.6) is 0 Å². The van der Waals surface area contributed by atoms with Gasteiger partial charge in [0.15, 0.2) is 0 Å². The quantitative estimate of drug-likeness (QED) is 0.546. The smallest absolute Gasteiger partial charge is 0.299 e. The zero-order chi connectivity index (χ0) is 10.8. The van der Waals surface area contributed by atoms with Crippen molar-refractivity contribution in [2.24, 2.45) is 0 Å². The standard InChI is InChI=1S/C11H18INO/c1-3-5-9-13(10-6-4-2)11(14)7-8-12/h3-6,9-10H2,1-2H3. The largest absolute Gasteiger partial charge is 0.332 e. The van der Waals surface area contributed by atoms with Crippen LogP contribution in [0.2, 0.25) is 0 Å². The third-order valence-electron chi connectivity index (χ3n) is 2.00. The van der Waals surface area contributed by atoms with Crippen LogP contribution < -0.4 is 0 Å². The van der Waals surface area contributed by atoms with Crippen LogP contribution in [0.3, 0.4) is 0 Å². The predicted octanol–water partition coefficient (Wildman–Crippen LogP) is 2.81. The predicted molar refractivity (Wildman–Crippen MR) is 68.2 cm³/mol. The average molecular weight is 307 g/mol. The van der Waals surface area contributed by atoms with Gasteiger partial charge in [-0.25, -0.2) is 0 Å². The Morgan fingerprint density at radius 1 is 1.21 bits per heavy atom. The number of hydrogen-bond acceptors (Lipinski definition) is 1. The van der Waals surface area contributed by atoms with Crippen LogP contribution >= 0.6 is 22.6 Å². The van der Waals surface area contributed by atoms with Gasteiger partial charge in [-0.05, 0) is 16.8 Å². The van der Waals surface area contributed by atoms with E-state index in [2.05, 4.69) is 23.7 Å². The number of amides is 1. The normalized spacial score (nSPS) is 9.07. The first-order chi connectivity index (χ1) is 6.76. The van der Waals surface area contributed by atoms with Crippen LogP contribution in [0.4, 0.5) is 0 Å². The molecule has 0 saturated carbocycles. The molecule has 0 fully saturated rings. The molecule has 0 N–H and O–H groups in total. The average Bonchev–Trinajstić information content (AvgIpc) is 2.18. The lowest BCUT2D eigenvalue weighted by Crippen LogP contribution is -2.31. The number of halogens is 1. The third kappa shape index (κ3) is 6.25. The van der Waals surface area contributed by atoms with Gasteiger partial charge in [-0.1, -0.05) is 26.7 Å². The second-order valence-electron chi connectivity index (χ2n) is 3.22. The van der Waals surface area contributed by atoms with E-state index in [9.17, 15) is 4.79 Å². The lowest BCUT2D eigenvalue weighted by molar-refractivity contribution is -0.125. The van der Waals surface area contributed by atoms with Gasteiger partial charge in [0.05, 0.1) is 0 Å². The molecule has 1 amide bonds. The summed E-state index contributed by atoms with van der Waals surface area (Å²) in [4.78, 5) is 13.4. The molecule has 0 aromatic heterocycles. The van der Waals surface area contributed by atoms with E-state index in [1.54, 1.807) is 0 Å². The lowest BCUT2D eigenvalue weighted by Gasteiger charge is -2.19. The molecule has 0 aromatic carbocycles. The zero-order valence-electron chi connectivity index (χ0n) is 8.98. The molecule has 0 aliphatic heterocycles. The number of carbonyl (C=O) groups is 1. The topological polar surface area (TPSA) is 20.3 Å². The minimum Gasteiger partial charge on any atom is -0.332 e. The highest BCUT2D eigenvalue weighted by Gasteiger charge is 2.08. The Balaban J connectivity index is 4.05. The molecule has 0 radical (unpaired) electrons. The number of hydrogen-bond donors (Lipinski definition) is 0. The maximum Gasteiger partial charge on any atom is 0.299 e. The first kappa shape index (κ1) is 13.8. The van der Waals surface area contributed by atoms with Crippen molar-refractivity contribution >= 4 is 28.5 Å². The number of carbonyl (C=O) groups excluding carboxylic acids is 1. The van der Waals surface area contributed by atoms with Gasteiger partial charge in [-0.2, -0.15) is 0 Å². The van der Waals surface area contributed by atoms with Gasteiger partial charge in [-0.15, -0.1) is 0 Å². The number of unbranched alkanes of at least 4 members (excludes halogenated alkanes) is 2. The molecule has 0 bridgehead atoms. The minimum atomic E-state index is -0.0266. The van der Waals surface area contributed by atoms with E-state index in [-0.39, 0.29) is 5.91 Å². The summed E-state index contributed by atoms with van der Waals surface area (Å²) in [6.45, 7) is 5.96. The van der Waals surface area contributed by atoms with E-state index in [1.165, 1.54) is 0 Å². The number of nitrogens with zero attached hydrogens (tertiary/aromatic N) is 1. The van der Waals surface area contributed by atoms with E-state index >= 15 is 0 Å². The van der Waals surface area contributed by atoms with Crippen molar-refractivity contribution in [3.05, 3.63) is 0 Å². The van der Waals surface area contributed by atoms with Gasteiger partial charge in [0, 0.05) is 41.6 Å². The SMILES string of the molecule is CCCCN(CCCC)C(=O)C#CI. The molecule has 0 spiro atoms. The first-order valence-corrected chi connectivity index (χ1v) is 6.24. The lowest BCUT2D eigenvalue weighted by atomic mass is 10.2. The summed E-state index contributed by atoms with van der Waals surface area (Å²) < 4.78 is 2.63. The van der Waals surface area contributed by atoms with E-state index in [0.717, 1.165) is 38.8 Å². The summed E-state index contributed by atoms with van der Waals surface area (Å²) in [5.41, 5.74) is 0. The minimum absolute atomic E-state index is 0.0266. The Hall–Kier alpha value is -0.240. The van der Waals surface area contributed by atoms with E-state index in [4.69, 9.17) is 0 Å². The van der Waals surface area contributed by atoms with E-state index < -0.39 is 0 Å². The molecule has 14 heavy (non-hydrogen) atoms. The summed E-state index contributed by atoms with van der Waals surface area (Å²) in [5, 5.41) is 0. The molecule has 0 aromatic rings. The molecule has 0 atom stereocenters. The van der Waals surface area contributed by atoms with Gasteiger partial charge >= 0.3 is 0 Å². The van der Waals surface area contributed by atoms with Crippen molar-refractivity contribution in [1.29, 1.82) is 0 Å². The van der Waals surface area contributed by atoms with Gasteiger partial charge < -0.3 is 4.90 Å². The monoisotopic (exact) mass is 307 g/mol. The van der Waals surface area contributed by atoms with Gasteiger partial charge in [-0.3, -0.25) is 4.79 Å². The number of rotatable bonds is 6. The highest BCUT2D eigenvalue weighted by Crippen LogP contribution is 1.99. The summed E-state index contributed by atoms with van der Waals surface area (Å²) in [5.74, 6) is 2.56. The molecule has 3 heteroatoms. The molecule has 0 heterocycles. The van der Waals surface area contributed by atoms with Crippen LogP contribution in [-0.2, 0) is 4.79 Å². The third-order valence-corrected chi connectivity index (χ3v) is 2.27. The van der Waals surface area contributed by atoms with Crippen LogP contribution in [0.15, 0.2) is 0 Å². The van der Waals surface area contributed by atoms with E-state index in [1.807, 2.05) is 27.5 Å². The van der Waals surface area contributed by atoms with Crippen molar-refractivity contribution in [3.8, 4) is 9.85 Å². The highest BCUT2D eigenvalue weighted by atomic mass is 127. The second-order valence-corrected chi connectivity index (χ2v) is 3.76. The maximum atomic E-state index is 11.5. The fourth-order valence-electron chi connectivity index (χ4n) is 1.13. The molecule has 2 nitrogen and oxygen atoms in total. The maximum absolute atomic E-state index is 11.5. The highest BCUT2D eigenvalue weighted by molar-refractivity contribution is 14.1. The second kappa shape index (κ2) is 9.32. The molecule has 0 aliphatic carbocycles. The molecule has 0 saturated heterocycles. The van der Waals surface area contributed by atoms with Crippen molar-refractivity contribution < 1.29 is 4.79 Å².